The number of nitro groups is 1. The van der Waals surface area contributed by atoms with E-state index in [0.29, 0.717) is 5.02 Å². The quantitative estimate of drug-likeness (QED) is 0.481. The van der Waals surface area contributed by atoms with Crippen molar-refractivity contribution in [3.63, 3.8) is 0 Å². The fraction of sp³-hybridized carbons (Fsp3) is 0.455. The van der Waals surface area contributed by atoms with Crippen LogP contribution in [0.2, 0.25) is 5.02 Å². The Morgan fingerprint density at radius 1 is 1.56 bits per heavy atom. The summed E-state index contributed by atoms with van der Waals surface area (Å²) in [5, 5.41) is 11.2. The van der Waals surface area contributed by atoms with Crippen molar-refractivity contribution in [2.45, 2.75) is 23.5 Å². The molecule has 0 spiro atoms. The van der Waals surface area contributed by atoms with Crippen molar-refractivity contribution >= 4 is 33.2 Å². The lowest BCUT2D eigenvalue weighted by molar-refractivity contribution is -0.386. The normalized spacial score (nSPS) is 26.5. The van der Waals surface area contributed by atoms with Crippen molar-refractivity contribution in [1.82, 2.24) is 0 Å². The van der Waals surface area contributed by atoms with E-state index < -0.39 is 4.92 Å². The zero-order chi connectivity index (χ0) is 13.3. The maximum atomic E-state index is 10.9. The van der Waals surface area contributed by atoms with Crippen LogP contribution in [0.4, 0.5) is 5.69 Å². The van der Waals surface area contributed by atoms with Crippen LogP contribution in [0.5, 0.6) is 5.75 Å². The fourth-order valence-corrected chi connectivity index (χ4v) is 2.93. The Kier molecular flexibility index (Phi) is 4.09. The van der Waals surface area contributed by atoms with Gasteiger partial charge in [0.05, 0.1) is 4.92 Å². The molecular weight excluding hydrogens is 325 g/mol. The predicted octanol–water partition coefficient (Wildman–Crippen LogP) is 3.18. The monoisotopic (exact) mass is 335 g/mol. The second-order valence-corrected chi connectivity index (χ2v) is 5.59. The van der Waals surface area contributed by atoms with E-state index in [-0.39, 0.29) is 28.5 Å². The largest absolute Gasteiger partial charge is 0.481 e. The summed E-state index contributed by atoms with van der Waals surface area (Å²) in [5.74, 6) is 0.218. The first kappa shape index (κ1) is 13.6. The first-order valence-electron chi connectivity index (χ1n) is 5.30. The van der Waals surface area contributed by atoms with Gasteiger partial charge in [0.1, 0.15) is 12.2 Å². The van der Waals surface area contributed by atoms with Crippen LogP contribution >= 0.6 is 27.5 Å². The molecule has 1 saturated carbocycles. The third-order valence-corrected chi connectivity index (χ3v) is 3.98. The molecule has 3 unspecified atom stereocenters. The Hall–Kier alpha value is -0.850. The second kappa shape index (κ2) is 5.42. The molecule has 98 valence electrons. The highest BCUT2D eigenvalue weighted by atomic mass is 79.9. The number of alkyl halides is 1. The number of methoxy groups -OCH3 is 1. The molecule has 1 aliphatic rings. The summed E-state index contributed by atoms with van der Waals surface area (Å²) in [6.07, 6.45) is 0.470. The van der Waals surface area contributed by atoms with Gasteiger partial charge in [0, 0.05) is 29.4 Å². The second-order valence-electron chi connectivity index (χ2n) is 3.98. The zero-order valence-electron chi connectivity index (χ0n) is 9.51. The Bertz CT molecular complexity index is 470. The van der Waals surface area contributed by atoms with Crippen LogP contribution in [-0.4, -0.2) is 29.1 Å². The molecule has 0 radical (unpaired) electrons. The maximum absolute atomic E-state index is 10.9. The average molecular weight is 337 g/mol. The highest BCUT2D eigenvalue weighted by Crippen LogP contribution is 2.37. The Balaban J connectivity index is 2.17. The van der Waals surface area contributed by atoms with E-state index in [0.717, 1.165) is 6.42 Å². The lowest BCUT2D eigenvalue weighted by Gasteiger charge is -2.39. The molecule has 1 fully saturated rings. The lowest BCUT2D eigenvalue weighted by atomic mass is 9.91. The molecule has 0 aromatic heterocycles. The number of benzene rings is 1. The van der Waals surface area contributed by atoms with Crippen LogP contribution in [0, 0.1) is 10.1 Å². The van der Waals surface area contributed by atoms with E-state index in [1.807, 2.05) is 0 Å². The van der Waals surface area contributed by atoms with Crippen LogP contribution < -0.4 is 4.74 Å². The predicted molar refractivity (Wildman–Crippen MR) is 70.7 cm³/mol. The van der Waals surface area contributed by atoms with Gasteiger partial charge in [-0.3, -0.25) is 10.1 Å². The standard InChI is InChI=1S/C11H11BrClNO4/c1-17-11-7(12)5-10(11)18-9-3-2-6(13)4-8(9)14(15)16/h2-4,7,10-11H,5H2,1H3. The summed E-state index contributed by atoms with van der Waals surface area (Å²) < 4.78 is 10.9. The molecule has 18 heavy (non-hydrogen) atoms. The van der Waals surface area contributed by atoms with Crippen molar-refractivity contribution in [2.75, 3.05) is 7.11 Å². The molecule has 1 aromatic rings. The summed E-state index contributed by atoms with van der Waals surface area (Å²) in [5.41, 5.74) is -0.129. The summed E-state index contributed by atoms with van der Waals surface area (Å²) in [6, 6.07) is 4.35. The first-order valence-corrected chi connectivity index (χ1v) is 6.59. The lowest BCUT2D eigenvalue weighted by Crippen LogP contribution is -2.51. The molecule has 1 aliphatic carbocycles. The van der Waals surface area contributed by atoms with Gasteiger partial charge in [-0.05, 0) is 12.1 Å². The molecule has 7 heteroatoms. The van der Waals surface area contributed by atoms with Gasteiger partial charge in [0.15, 0.2) is 5.75 Å². The van der Waals surface area contributed by atoms with Crippen LogP contribution in [-0.2, 0) is 4.74 Å². The van der Waals surface area contributed by atoms with E-state index in [2.05, 4.69) is 15.9 Å². The number of nitro benzene ring substituents is 1. The van der Waals surface area contributed by atoms with Crippen LogP contribution in [0.3, 0.4) is 0 Å². The van der Waals surface area contributed by atoms with Crippen molar-refractivity contribution < 1.29 is 14.4 Å². The van der Waals surface area contributed by atoms with Crippen molar-refractivity contribution in [3.05, 3.63) is 33.3 Å². The molecule has 5 nitrogen and oxygen atoms in total. The van der Waals surface area contributed by atoms with Crippen molar-refractivity contribution in [3.8, 4) is 5.75 Å². The number of hydrogen-bond acceptors (Lipinski definition) is 4. The van der Waals surface area contributed by atoms with E-state index in [1.54, 1.807) is 13.2 Å². The number of nitrogens with zero attached hydrogens (tertiary/aromatic N) is 1. The number of rotatable bonds is 4. The third-order valence-electron chi connectivity index (χ3n) is 2.85. The topological polar surface area (TPSA) is 61.6 Å². The molecule has 2 rings (SSSR count). The van der Waals surface area contributed by atoms with Gasteiger partial charge < -0.3 is 9.47 Å². The van der Waals surface area contributed by atoms with Gasteiger partial charge in [-0.15, -0.1) is 0 Å². The molecule has 0 aliphatic heterocycles. The minimum Gasteiger partial charge on any atom is -0.481 e. The Morgan fingerprint density at radius 3 is 2.83 bits per heavy atom. The van der Waals surface area contributed by atoms with Crippen molar-refractivity contribution in [1.29, 1.82) is 0 Å². The minimum absolute atomic E-state index is 0.0970. The third kappa shape index (κ3) is 2.60. The molecule has 0 bridgehead atoms. The van der Waals surface area contributed by atoms with Crippen LogP contribution in [0.15, 0.2) is 18.2 Å². The number of hydrogen-bond donors (Lipinski definition) is 0. The summed E-state index contributed by atoms with van der Waals surface area (Å²) >= 11 is 9.17. The summed E-state index contributed by atoms with van der Waals surface area (Å²) in [6.45, 7) is 0. The van der Waals surface area contributed by atoms with E-state index in [4.69, 9.17) is 21.1 Å². The fourth-order valence-electron chi connectivity index (χ4n) is 1.84. The number of ether oxygens (including phenoxy) is 2. The molecular formula is C11H11BrClNO4. The molecule has 0 amide bonds. The van der Waals surface area contributed by atoms with Crippen LogP contribution in [0.25, 0.3) is 0 Å². The van der Waals surface area contributed by atoms with Gasteiger partial charge in [-0.1, -0.05) is 27.5 Å². The van der Waals surface area contributed by atoms with Crippen molar-refractivity contribution in [2.24, 2.45) is 0 Å². The Morgan fingerprint density at radius 2 is 2.28 bits per heavy atom. The molecule has 0 saturated heterocycles. The average Bonchev–Trinajstić information content (AvgIpc) is 2.30. The van der Waals surface area contributed by atoms with Gasteiger partial charge in [-0.25, -0.2) is 0 Å². The smallest absolute Gasteiger partial charge is 0.312 e. The van der Waals surface area contributed by atoms with E-state index in [9.17, 15) is 10.1 Å². The molecule has 1 aromatic carbocycles. The van der Waals surface area contributed by atoms with Gasteiger partial charge in [-0.2, -0.15) is 0 Å². The van der Waals surface area contributed by atoms with E-state index in [1.165, 1.54) is 12.1 Å². The first-order chi connectivity index (χ1) is 8.52. The SMILES string of the molecule is COC1C(Br)CC1Oc1ccc(Cl)cc1[N+](=O)[O-]. The van der Waals surface area contributed by atoms with Gasteiger partial charge in [0.25, 0.3) is 0 Å². The van der Waals surface area contributed by atoms with E-state index >= 15 is 0 Å². The highest BCUT2D eigenvalue weighted by molar-refractivity contribution is 9.09. The Labute approximate surface area is 117 Å². The van der Waals surface area contributed by atoms with Gasteiger partial charge in [0.2, 0.25) is 0 Å². The summed E-state index contributed by atoms with van der Waals surface area (Å²) in [7, 11) is 1.59. The number of halogens is 2. The summed E-state index contributed by atoms with van der Waals surface area (Å²) in [4.78, 5) is 10.6. The molecule has 0 heterocycles. The van der Waals surface area contributed by atoms with Gasteiger partial charge >= 0.3 is 5.69 Å². The van der Waals surface area contributed by atoms with Crippen LogP contribution in [0.1, 0.15) is 6.42 Å². The highest BCUT2D eigenvalue weighted by Gasteiger charge is 2.42. The molecule has 0 N–H and O–H groups in total. The minimum atomic E-state index is -0.507. The zero-order valence-corrected chi connectivity index (χ0v) is 11.8. The molecule has 3 atom stereocenters. The maximum Gasteiger partial charge on any atom is 0.312 e.